The maximum Gasteiger partial charge on any atom is 0.407 e. The molecule has 3 amide bonds. The molecule has 2 aromatic carbocycles. The fourth-order valence-electron chi connectivity index (χ4n) is 5.11. The van der Waals surface area contributed by atoms with E-state index in [2.05, 4.69) is 21.7 Å². The van der Waals surface area contributed by atoms with Crippen LogP contribution in [0.4, 0.5) is 16.3 Å². The number of anilines is 2. The molecule has 0 bridgehead atoms. The fraction of sp³-hybridized carbons (Fsp3) is 0.265. The van der Waals surface area contributed by atoms with Crippen molar-refractivity contribution in [3.63, 3.8) is 0 Å². The number of hydrogen-bond acceptors (Lipinski definition) is 8. The Morgan fingerprint density at radius 1 is 1.09 bits per heavy atom. The van der Waals surface area contributed by atoms with E-state index in [1.807, 2.05) is 0 Å². The molecule has 244 valence electrons. The van der Waals surface area contributed by atoms with E-state index in [4.69, 9.17) is 25.5 Å². The Bertz CT molecular complexity index is 1810. The molecule has 0 radical (unpaired) electrons. The Morgan fingerprint density at radius 3 is 2.49 bits per heavy atom. The van der Waals surface area contributed by atoms with E-state index in [0.717, 1.165) is 0 Å². The zero-order valence-corrected chi connectivity index (χ0v) is 27.2. The average molecular weight is 660 g/mol. The number of carbonyl (C=O) groups is 3. The lowest BCUT2D eigenvalue weighted by molar-refractivity contribution is -0.117. The van der Waals surface area contributed by atoms with E-state index < -0.39 is 29.5 Å². The van der Waals surface area contributed by atoms with Gasteiger partial charge in [-0.1, -0.05) is 23.7 Å². The minimum absolute atomic E-state index is 0.0186. The molecule has 0 aliphatic carbocycles. The first-order chi connectivity index (χ1) is 22.3. The first-order valence-corrected chi connectivity index (χ1v) is 14.8. The first kappa shape index (κ1) is 34.5. The third-order valence-corrected chi connectivity index (χ3v) is 7.20. The van der Waals surface area contributed by atoms with Crippen molar-refractivity contribution in [1.29, 1.82) is 5.26 Å². The molecule has 0 spiro atoms. The highest BCUT2D eigenvalue weighted by atomic mass is 35.5. The van der Waals surface area contributed by atoms with Crippen molar-refractivity contribution in [3.05, 3.63) is 83.3 Å². The fourth-order valence-corrected chi connectivity index (χ4v) is 5.28. The van der Waals surface area contributed by atoms with Crippen molar-refractivity contribution in [2.45, 2.75) is 45.7 Å². The standard InChI is InChI=1S/C34H34ClN5O7/c1-20(40(33(43)44)34(2,3)4)14-30(41)37-23-9-6-8-21(15-23)25-17-27(24-12-11-22(35)16-29(24)47-19-45-5)38-31(26(25)18-36)39-32(42)28-10-7-13-46-28/h6-13,15-17,20H,14,19H2,1-5H3,(H,37,41)(H,43,44)(H,38,39,42). The number of hydrogen-bond donors (Lipinski definition) is 3. The highest BCUT2D eigenvalue weighted by Crippen LogP contribution is 2.38. The van der Waals surface area contributed by atoms with Crippen LogP contribution in [-0.4, -0.2) is 58.4 Å². The van der Waals surface area contributed by atoms with Crippen molar-refractivity contribution in [1.82, 2.24) is 9.88 Å². The van der Waals surface area contributed by atoms with Crippen LogP contribution in [0.2, 0.25) is 5.02 Å². The van der Waals surface area contributed by atoms with Crippen molar-refractivity contribution in [2.75, 3.05) is 24.5 Å². The molecule has 0 fully saturated rings. The van der Waals surface area contributed by atoms with Gasteiger partial charge in [0.2, 0.25) is 5.91 Å². The van der Waals surface area contributed by atoms with Crippen LogP contribution >= 0.6 is 11.6 Å². The zero-order chi connectivity index (χ0) is 34.3. The number of nitrogens with one attached hydrogen (secondary N) is 2. The smallest absolute Gasteiger partial charge is 0.407 e. The van der Waals surface area contributed by atoms with Crippen LogP contribution in [0.3, 0.4) is 0 Å². The Labute approximate surface area is 276 Å². The summed E-state index contributed by atoms with van der Waals surface area (Å²) in [5, 5.41) is 25.9. The normalized spacial score (nSPS) is 11.7. The van der Waals surface area contributed by atoms with Gasteiger partial charge in [0.1, 0.15) is 17.4 Å². The lowest BCUT2D eigenvalue weighted by atomic mass is 9.97. The predicted octanol–water partition coefficient (Wildman–Crippen LogP) is 7.26. The molecule has 4 aromatic rings. The monoisotopic (exact) mass is 659 g/mol. The lowest BCUT2D eigenvalue weighted by Crippen LogP contribution is -2.51. The number of pyridine rings is 1. The molecule has 13 heteroatoms. The number of furan rings is 1. The molecule has 2 heterocycles. The third-order valence-electron chi connectivity index (χ3n) is 6.97. The van der Waals surface area contributed by atoms with Crippen LogP contribution < -0.4 is 15.4 Å². The zero-order valence-electron chi connectivity index (χ0n) is 26.5. The highest BCUT2D eigenvalue weighted by molar-refractivity contribution is 6.30. The summed E-state index contributed by atoms with van der Waals surface area (Å²) in [6.45, 7) is 6.89. The number of aromatic nitrogens is 1. The summed E-state index contributed by atoms with van der Waals surface area (Å²) in [5.74, 6) is -0.673. The van der Waals surface area contributed by atoms with Gasteiger partial charge < -0.3 is 34.5 Å². The SMILES string of the molecule is COCOc1cc(Cl)ccc1-c1cc(-c2cccc(NC(=O)CC(C)N(C(=O)O)C(C)(C)C)c2)c(C#N)c(NC(=O)c2ccco2)n1. The number of carbonyl (C=O) groups excluding carboxylic acids is 2. The molecule has 4 rings (SSSR count). The molecule has 2 aromatic heterocycles. The second kappa shape index (κ2) is 14.8. The topological polar surface area (TPSA) is 167 Å². The second-order valence-corrected chi connectivity index (χ2v) is 12.0. The summed E-state index contributed by atoms with van der Waals surface area (Å²) < 4.78 is 16.0. The van der Waals surface area contributed by atoms with Crippen molar-refractivity contribution >= 4 is 41.0 Å². The molecule has 1 unspecified atom stereocenters. The van der Waals surface area contributed by atoms with Gasteiger partial charge in [-0.15, -0.1) is 0 Å². The minimum atomic E-state index is -1.12. The van der Waals surface area contributed by atoms with E-state index in [9.17, 15) is 24.8 Å². The molecule has 12 nitrogen and oxygen atoms in total. The number of ether oxygens (including phenoxy) is 2. The molecular formula is C34H34ClN5O7. The quantitative estimate of drug-likeness (QED) is 0.140. The molecular weight excluding hydrogens is 626 g/mol. The van der Waals surface area contributed by atoms with Gasteiger partial charge in [0.15, 0.2) is 18.4 Å². The molecule has 3 N–H and O–H groups in total. The maximum absolute atomic E-state index is 13.0. The summed E-state index contributed by atoms with van der Waals surface area (Å²) in [7, 11) is 1.48. The number of methoxy groups -OCH3 is 1. The molecule has 47 heavy (non-hydrogen) atoms. The summed E-state index contributed by atoms with van der Waals surface area (Å²) in [4.78, 5) is 43.8. The van der Waals surface area contributed by atoms with E-state index in [1.165, 1.54) is 24.3 Å². The summed E-state index contributed by atoms with van der Waals surface area (Å²) in [5.41, 5.74) is 1.54. The van der Waals surface area contributed by atoms with Crippen LogP contribution in [0.25, 0.3) is 22.4 Å². The van der Waals surface area contributed by atoms with Gasteiger partial charge in [-0.2, -0.15) is 5.26 Å². The van der Waals surface area contributed by atoms with Gasteiger partial charge in [0.05, 0.1) is 12.0 Å². The second-order valence-electron chi connectivity index (χ2n) is 11.5. The van der Waals surface area contributed by atoms with Gasteiger partial charge in [-0.05, 0) is 81.8 Å². The summed E-state index contributed by atoms with van der Waals surface area (Å²) in [6, 6.07) is 18.0. The number of amides is 3. The van der Waals surface area contributed by atoms with Crippen LogP contribution in [-0.2, 0) is 9.53 Å². The Kier molecular flexibility index (Phi) is 10.9. The van der Waals surface area contributed by atoms with Crippen LogP contribution in [0.1, 0.15) is 50.2 Å². The maximum atomic E-state index is 13.0. The van der Waals surface area contributed by atoms with Gasteiger partial charge in [-0.3, -0.25) is 9.59 Å². The number of benzene rings is 2. The Morgan fingerprint density at radius 2 is 1.85 bits per heavy atom. The highest BCUT2D eigenvalue weighted by Gasteiger charge is 2.32. The van der Waals surface area contributed by atoms with Crippen molar-refractivity contribution in [2.24, 2.45) is 0 Å². The molecule has 0 saturated carbocycles. The van der Waals surface area contributed by atoms with E-state index in [-0.39, 0.29) is 30.4 Å². The van der Waals surface area contributed by atoms with Crippen LogP contribution in [0.15, 0.2) is 71.3 Å². The summed E-state index contributed by atoms with van der Waals surface area (Å²) in [6.07, 6.45) is 0.148. The number of rotatable bonds is 11. The number of nitrogens with zero attached hydrogens (tertiary/aromatic N) is 3. The Balaban J connectivity index is 1.76. The molecule has 0 saturated heterocycles. The third kappa shape index (κ3) is 8.46. The summed E-state index contributed by atoms with van der Waals surface area (Å²) >= 11 is 6.24. The largest absolute Gasteiger partial charge is 0.467 e. The first-order valence-electron chi connectivity index (χ1n) is 14.5. The van der Waals surface area contributed by atoms with Gasteiger partial charge in [0, 0.05) is 46.9 Å². The number of halogens is 1. The van der Waals surface area contributed by atoms with Gasteiger partial charge >= 0.3 is 6.09 Å². The van der Waals surface area contributed by atoms with E-state index in [0.29, 0.717) is 38.8 Å². The van der Waals surface area contributed by atoms with Crippen LogP contribution in [0, 0.1) is 11.3 Å². The Hall–Kier alpha value is -5.38. The lowest BCUT2D eigenvalue weighted by Gasteiger charge is -2.37. The predicted molar refractivity (Wildman–Crippen MR) is 176 cm³/mol. The van der Waals surface area contributed by atoms with Gasteiger partial charge in [0.25, 0.3) is 5.91 Å². The molecule has 0 aliphatic heterocycles. The number of nitriles is 1. The van der Waals surface area contributed by atoms with Crippen molar-refractivity contribution in [3.8, 4) is 34.2 Å². The van der Waals surface area contributed by atoms with E-state index >= 15 is 0 Å². The van der Waals surface area contributed by atoms with Gasteiger partial charge in [-0.25, -0.2) is 9.78 Å². The molecule has 1 atom stereocenters. The van der Waals surface area contributed by atoms with E-state index in [1.54, 1.807) is 82.3 Å². The number of carboxylic acid groups (broad SMARTS) is 1. The molecule has 0 aliphatic rings. The van der Waals surface area contributed by atoms with Crippen LogP contribution in [0.5, 0.6) is 5.75 Å². The average Bonchev–Trinajstić information content (AvgIpc) is 3.54. The van der Waals surface area contributed by atoms with Crippen molar-refractivity contribution < 1.29 is 33.4 Å². The minimum Gasteiger partial charge on any atom is -0.467 e.